The first-order chi connectivity index (χ1) is 9.67. The Balaban J connectivity index is 2.45. The van der Waals surface area contributed by atoms with Crippen LogP contribution in [0.25, 0.3) is 10.8 Å². The predicted octanol–water partition coefficient (Wildman–Crippen LogP) is 4.46. The van der Waals surface area contributed by atoms with Gasteiger partial charge < -0.3 is 11.1 Å². The number of rotatable bonds is 6. The largest absolute Gasteiger partial charge is 0.389 e. The molecule has 0 radical (unpaired) electrons. The lowest BCUT2D eigenvalue weighted by Gasteiger charge is -2.20. The SMILES string of the molecule is CCCC(CC)Nc1ccc(C(N)=S)c2ccccc12. The molecule has 0 aliphatic heterocycles. The molecule has 2 nitrogen and oxygen atoms in total. The standard InChI is InChI=1S/C17H22N2S/c1-3-7-12(4-2)19-16-11-10-15(17(18)20)13-8-5-6-9-14(13)16/h5-6,8-12,19H,3-4,7H2,1-2H3,(H2,18,20). The monoisotopic (exact) mass is 286 g/mol. The first-order valence-corrected chi connectivity index (χ1v) is 7.66. The second-order valence-electron chi connectivity index (χ2n) is 5.11. The second kappa shape index (κ2) is 6.71. The highest BCUT2D eigenvalue weighted by molar-refractivity contribution is 7.80. The molecule has 0 bridgehead atoms. The van der Waals surface area contributed by atoms with Crippen LogP contribution in [0.5, 0.6) is 0 Å². The van der Waals surface area contributed by atoms with Crippen LogP contribution < -0.4 is 11.1 Å². The van der Waals surface area contributed by atoms with Crippen molar-refractivity contribution in [3.8, 4) is 0 Å². The lowest BCUT2D eigenvalue weighted by atomic mass is 10.0. The Morgan fingerprint density at radius 3 is 2.45 bits per heavy atom. The Labute approximate surface area is 126 Å². The maximum Gasteiger partial charge on any atom is 0.104 e. The van der Waals surface area contributed by atoms with Crippen LogP contribution in [0.1, 0.15) is 38.7 Å². The zero-order valence-electron chi connectivity index (χ0n) is 12.1. The van der Waals surface area contributed by atoms with Gasteiger partial charge in [0, 0.05) is 22.7 Å². The van der Waals surface area contributed by atoms with E-state index in [2.05, 4.69) is 43.4 Å². The molecular formula is C17H22N2S. The summed E-state index contributed by atoms with van der Waals surface area (Å²) >= 11 is 5.14. The molecule has 2 aromatic rings. The maximum absolute atomic E-state index is 5.82. The van der Waals surface area contributed by atoms with Crippen LogP contribution in [0.4, 0.5) is 5.69 Å². The van der Waals surface area contributed by atoms with Gasteiger partial charge in [-0.25, -0.2) is 0 Å². The molecule has 2 rings (SSSR count). The van der Waals surface area contributed by atoms with Crippen molar-refractivity contribution in [2.75, 3.05) is 5.32 Å². The highest BCUT2D eigenvalue weighted by Crippen LogP contribution is 2.28. The van der Waals surface area contributed by atoms with Gasteiger partial charge in [0.05, 0.1) is 0 Å². The van der Waals surface area contributed by atoms with Gasteiger partial charge in [0.1, 0.15) is 4.99 Å². The number of nitrogens with two attached hydrogens (primary N) is 1. The topological polar surface area (TPSA) is 38.0 Å². The first-order valence-electron chi connectivity index (χ1n) is 7.25. The van der Waals surface area contributed by atoms with Gasteiger partial charge in [-0.2, -0.15) is 0 Å². The molecule has 2 aromatic carbocycles. The molecule has 0 heterocycles. The zero-order chi connectivity index (χ0) is 14.5. The molecule has 106 valence electrons. The summed E-state index contributed by atoms with van der Waals surface area (Å²) in [5.74, 6) is 0. The van der Waals surface area contributed by atoms with Gasteiger partial charge in [0.15, 0.2) is 0 Å². The van der Waals surface area contributed by atoms with Crippen LogP contribution in [-0.4, -0.2) is 11.0 Å². The van der Waals surface area contributed by atoms with Crippen molar-refractivity contribution < 1.29 is 0 Å². The summed E-state index contributed by atoms with van der Waals surface area (Å²) in [7, 11) is 0. The third-order valence-corrected chi connectivity index (χ3v) is 3.90. The number of benzene rings is 2. The molecule has 0 aromatic heterocycles. The van der Waals surface area contributed by atoms with E-state index in [0.717, 1.165) is 17.4 Å². The van der Waals surface area contributed by atoms with E-state index in [0.29, 0.717) is 11.0 Å². The van der Waals surface area contributed by atoms with E-state index in [1.807, 2.05) is 12.1 Å². The van der Waals surface area contributed by atoms with E-state index >= 15 is 0 Å². The molecule has 0 saturated heterocycles. The number of anilines is 1. The van der Waals surface area contributed by atoms with Crippen molar-refractivity contribution >= 4 is 33.7 Å². The molecule has 3 heteroatoms. The highest BCUT2D eigenvalue weighted by atomic mass is 32.1. The van der Waals surface area contributed by atoms with Gasteiger partial charge >= 0.3 is 0 Å². The number of fused-ring (bicyclic) bond motifs is 1. The molecule has 3 N–H and O–H groups in total. The minimum atomic E-state index is 0.452. The molecule has 0 fully saturated rings. The number of hydrogen-bond acceptors (Lipinski definition) is 2. The van der Waals surface area contributed by atoms with Crippen LogP contribution in [0.3, 0.4) is 0 Å². The molecule has 20 heavy (non-hydrogen) atoms. The van der Waals surface area contributed by atoms with E-state index in [-0.39, 0.29) is 0 Å². The highest BCUT2D eigenvalue weighted by Gasteiger charge is 2.10. The van der Waals surface area contributed by atoms with Crippen molar-refractivity contribution in [2.45, 2.75) is 39.2 Å². The van der Waals surface area contributed by atoms with Gasteiger partial charge in [-0.3, -0.25) is 0 Å². The predicted molar refractivity (Wildman–Crippen MR) is 92.4 cm³/mol. The Bertz CT molecular complexity index is 607. The molecule has 0 saturated carbocycles. The van der Waals surface area contributed by atoms with Gasteiger partial charge in [0.25, 0.3) is 0 Å². The number of thiocarbonyl (C=S) groups is 1. The molecule has 0 amide bonds. The first kappa shape index (κ1) is 14.8. The second-order valence-corrected chi connectivity index (χ2v) is 5.55. The molecule has 1 unspecified atom stereocenters. The van der Waals surface area contributed by atoms with E-state index in [1.165, 1.54) is 23.9 Å². The average Bonchev–Trinajstić information content (AvgIpc) is 2.46. The van der Waals surface area contributed by atoms with Crippen LogP contribution in [-0.2, 0) is 0 Å². The summed E-state index contributed by atoms with van der Waals surface area (Å²) in [6.45, 7) is 4.44. The smallest absolute Gasteiger partial charge is 0.104 e. The van der Waals surface area contributed by atoms with Gasteiger partial charge in [-0.1, -0.05) is 56.8 Å². The average molecular weight is 286 g/mol. The van der Waals surface area contributed by atoms with Crippen molar-refractivity contribution in [2.24, 2.45) is 5.73 Å². The molecule has 0 aliphatic rings. The number of nitrogens with one attached hydrogen (secondary N) is 1. The van der Waals surface area contributed by atoms with Crippen LogP contribution in [0.15, 0.2) is 36.4 Å². The Morgan fingerprint density at radius 2 is 1.85 bits per heavy atom. The summed E-state index contributed by atoms with van der Waals surface area (Å²) < 4.78 is 0. The van der Waals surface area contributed by atoms with E-state index < -0.39 is 0 Å². The van der Waals surface area contributed by atoms with E-state index in [4.69, 9.17) is 18.0 Å². The molecule has 0 spiro atoms. The minimum Gasteiger partial charge on any atom is -0.389 e. The van der Waals surface area contributed by atoms with E-state index in [1.54, 1.807) is 0 Å². The maximum atomic E-state index is 5.82. The fraction of sp³-hybridized carbons (Fsp3) is 0.353. The van der Waals surface area contributed by atoms with Crippen molar-refractivity contribution in [1.82, 2.24) is 0 Å². The van der Waals surface area contributed by atoms with Gasteiger partial charge in [-0.05, 0) is 30.4 Å². The molecular weight excluding hydrogens is 264 g/mol. The lowest BCUT2D eigenvalue weighted by molar-refractivity contribution is 0.623. The van der Waals surface area contributed by atoms with E-state index in [9.17, 15) is 0 Å². The summed E-state index contributed by atoms with van der Waals surface area (Å²) in [4.78, 5) is 0.452. The van der Waals surface area contributed by atoms with Crippen LogP contribution in [0.2, 0.25) is 0 Å². The fourth-order valence-electron chi connectivity index (χ4n) is 2.59. The van der Waals surface area contributed by atoms with Crippen LogP contribution in [0, 0.1) is 0 Å². The molecule has 1 atom stereocenters. The summed E-state index contributed by atoms with van der Waals surface area (Å²) in [5.41, 5.74) is 7.93. The summed E-state index contributed by atoms with van der Waals surface area (Å²) in [6.07, 6.45) is 3.50. The zero-order valence-corrected chi connectivity index (χ0v) is 13.0. The Kier molecular flexibility index (Phi) is 4.96. The third-order valence-electron chi connectivity index (χ3n) is 3.68. The van der Waals surface area contributed by atoms with Crippen molar-refractivity contribution in [3.05, 3.63) is 42.0 Å². The van der Waals surface area contributed by atoms with Crippen molar-refractivity contribution in [1.29, 1.82) is 0 Å². The Morgan fingerprint density at radius 1 is 1.15 bits per heavy atom. The van der Waals surface area contributed by atoms with Gasteiger partial charge in [-0.15, -0.1) is 0 Å². The Hall–Kier alpha value is -1.61. The van der Waals surface area contributed by atoms with Gasteiger partial charge in [0.2, 0.25) is 0 Å². The normalized spacial score (nSPS) is 12.3. The number of hydrogen-bond donors (Lipinski definition) is 2. The molecule has 0 aliphatic carbocycles. The lowest BCUT2D eigenvalue weighted by Crippen LogP contribution is -2.18. The fourth-order valence-corrected chi connectivity index (χ4v) is 2.76. The van der Waals surface area contributed by atoms with Crippen LogP contribution >= 0.6 is 12.2 Å². The summed E-state index contributed by atoms with van der Waals surface area (Å²) in [5, 5.41) is 5.96. The quantitative estimate of drug-likeness (QED) is 0.770. The van der Waals surface area contributed by atoms with Crippen molar-refractivity contribution in [3.63, 3.8) is 0 Å². The minimum absolute atomic E-state index is 0.452. The third kappa shape index (κ3) is 3.10. The summed E-state index contributed by atoms with van der Waals surface area (Å²) in [6, 6.07) is 12.9.